The van der Waals surface area contributed by atoms with Crippen LogP contribution >= 0.6 is 23.2 Å². The van der Waals surface area contributed by atoms with Crippen LogP contribution in [0.15, 0.2) is 36.4 Å². The maximum Gasteiger partial charge on any atom is 0.161 e. The van der Waals surface area contributed by atoms with Crippen molar-refractivity contribution < 1.29 is 9.47 Å². The first-order chi connectivity index (χ1) is 10.7. The molecule has 4 unspecified atom stereocenters. The van der Waals surface area contributed by atoms with Crippen molar-refractivity contribution in [1.29, 1.82) is 0 Å². The van der Waals surface area contributed by atoms with Gasteiger partial charge in [-0.2, -0.15) is 0 Å². The normalized spacial score (nSPS) is 28.0. The van der Waals surface area contributed by atoms with Gasteiger partial charge in [-0.25, -0.2) is 0 Å². The number of ether oxygens (including phenoxy) is 2. The number of methoxy groups -OCH3 is 2. The summed E-state index contributed by atoms with van der Waals surface area (Å²) in [5.41, 5.74) is 4.98. The molecule has 3 aliphatic rings. The van der Waals surface area contributed by atoms with Crippen LogP contribution in [0.5, 0.6) is 11.5 Å². The van der Waals surface area contributed by atoms with Crippen molar-refractivity contribution in [3.05, 3.63) is 58.7 Å². The van der Waals surface area contributed by atoms with E-state index in [0.29, 0.717) is 0 Å². The van der Waals surface area contributed by atoms with Gasteiger partial charge in [-0.15, -0.1) is 23.2 Å². The Morgan fingerprint density at radius 1 is 0.727 bits per heavy atom. The SMILES string of the molecule is COc1cc2c(cc1OC)C1c3ccccc3C2C(Cl)C1Cl. The number of fused-ring (bicyclic) bond motifs is 1. The first kappa shape index (κ1) is 14.2. The van der Waals surface area contributed by atoms with Gasteiger partial charge in [-0.1, -0.05) is 24.3 Å². The van der Waals surface area contributed by atoms with Crippen molar-refractivity contribution in [3.63, 3.8) is 0 Å². The van der Waals surface area contributed by atoms with Gasteiger partial charge in [0.15, 0.2) is 11.5 Å². The Hall–Kier alpha value is -1.38. The lowest BCUT2D eigenvalue weighted by Gasteiger charge is -2.46. The third-order valence-corrected chi connectivity index (χ3v) is 6.04. The van der Waals surface area contributed by atoms with Gasteiger partial charge in [0.2, 0.25) is 0 Å². The topological polar surface area (TPSA) is 18.5 Å². The van der Waals surface area contributed by atoms with E-state index in [0.717, 1.165) is 11.5 Å². The van der Waals surface area contributed by atoms with E-state index in [2.05, 4.69) is 36.4 Å². The number of benzene rings is 2. The fraction of sp³-hybridized carbons (Fsp3) is 0.333. The van der Waals surface area contributed by atoms with Gasteiger partial charge in [-0.05, 0) is 34.4 Å². The predicted octanol–water partition coefficient (Wildman–Crippen LogP) is 4.51. The lowest BCUT2D eigenvalue weighted by Crippen LogP contribution is -2.41. The molecule has 0 amide bonds. The minimum Gasteiger partial charge on any atom is -0.493 e. The Labute approximate surface area is 140 Å². The lowest BCUT2D eigenvalue weighted by atomic mass is 9.63. The zero-order valence-electron chi connectivity index (χ0n) is 12.3. The summed E-state index contributed by atoms with van der Waals surface area (Å²) in [6, 6.07) is 12.6. The highest BCUT2D eigenvalue weighted by Gasteiger charge is 2.48. The van der Waals surface area contributed by atoms with Crippen LogP contribution in [0.1, 0.15) is 34.1 Å². The highest BCUT2D eigenvalue weighted by atomic mass is 35.5. The minimum absolute atomic E-state index is 0.0974. The molecule has 22 heavy (non-hydrogen) atoms. The molecule has 2 nitrogen and oxygen atoms in total. The van der Waals surface area contributed by atoms with E-state index in [9.17, 15) is 0 Å². The summed E-state index contributed by atoms with van der Waals surface area (Å²) in [7, 11) is 3.31. The molecule has 0 saturated carbocycles. The van der Waals surface area contributed by atoms with Gasteiger partial charge in [-0.3, -0.25) is 0 Å². The van der Waals surface area contributed by atoms with Crippen molar-refractivity contribution in [2.75, 3.05) is 14.2 Å². The molecule has 2 bridgehead atoms. The van der Waals surface area contributed by atoms with Gasteiger partial charge >= 0.3 is 0 Å². The first-order valence-corrected chi connectivity index (χ1v) is 8.17. The maximum atomic E-state index is 6.68. The van der Waals surface area contributed by atoms with Crippen LogP contribution in [0, 0.1) is 0 Å². The van der Waals surface area contributed by atoms with Gasteiger partial charge in [0.25, 0.3) is 0 Å². The van der Waals surface area contributed by atoms with E-state index in [1.54, 1.807) is 14.2 Å². The van der Waals surface area contributed by atoms with Crippen molar-refractivity contribution >= 4 is 23.2 Å². The molecule has 0 N–H and O–H groups in total. The molecule has 0 radical (unpaired) electrons. The Morgan fingerprint density at radius 3 is 1.50 bits per heavy atom. The maximum absolute atomic E-state index is 6.68. The first-order valence-electron chi connectivity index (χ1n) is 7.30. The van der Waals surface area contributed by atoms with Crippen LogP contribution in [-0.2, 0) is 0 Å². The number of hydrogen-bond donors (Lipinski definition) is 0. The Morgan fingerprint density at radius 2 is 1.14 bits per heavy atom. The van der Waals surface area contributed by atoms with Crippen molar-refractivity contribution in [3.8, 4) is 11.5 Å². The summed E-state index contributed by atoms with van der Waals surface area (Å²) in [6.45, 7) is 0. The molecule has 2 aromatic rings. The fourth-order valence-corrected chi connectivity index (χ4v) is 4.75. The van der Waals surface area contributed by atoms with Gasteiger partial charge in [0.05, 0.1) is 25.0 Å². The number of hydrogen-bond acceptors (Lipinski definition) is 2. The molecule has 0 fully saturated rings. The summed E-state index contributed by atoms with van der Waals surface area (Å²) in [4.78, 5) is 0. The molecule has 0 spiro atoms. The van der Waals surface area contributed by atoms with Gasteiger partial charge in [0, 0.05) is 11.8 Å². The van der Waals surface area contributed by atoms with E-state index < -0.39 is 0 Å². The Kier molecular flexibility index (Phi) is 3.28. The molecular weight excluding hydrogens is 319 g/mol. The van der Waals surface area contributed by atoms with Crippen molar-refractivity contribution in [1.82, 2.24) is 0 Å². The molecular formula is C18H16Cl2O2. The second-order valence-electron chi connectivity index (χ2n) is 5.81. The molecule has 114 valence electrons. The molecule has 0 aliphatic heterocycles. The summed E-state index contributed by atoms with van der Waals surface area (Å²) in [5.74, 6) is 1.67. The monoisotopic (exact) mass is 334 g/mol. The fourth-order valence-electron chi connectivity index (χ4n) is 3.92. The second kappa shape index (κ2) is 5.07. The van der Waals surface area contributed by atoms with Gasteiger partial charge in [0.1, 0.15) is 0 Å². The highest BCUT2D eigenvalue weighted by molar-refractivity contribution is 6.31. The summed E-state index contributed by atoms with van der Waals surface area (Å²) in [5, 5.41) is -0.237. The third-order valence-electron chi connectivity index (χ3n) is 4.87. The Balaban J connectivity index is 2.00. The van der Waals surface area contributed by atoms with Crippen molar-refractivity contribution in [2.45, 2.75) is 22.6 Å². The molecule has 3 aliphatic carbocycles. The third kappa shape index (κ3) is 1.74. The van der Waals surface area contributed by atoms with Crippen LogP contribution in [0.3, 0.4) is 0 Å². The highest BCUT2D eigenvalue weighted by Crippen LogP contribution is 2.57. The average Bonchev–Trinajstić information content (AvgIpc) is 2.56. The molecule has 2 aromatic carbocycles. The average molecular weight is 335 g/mol. The number of rotatable bonds is 2. The number of alkyl halides is 2. The van der Waals surface area contributed by atoms with Crippen molar-refractivity contribution in [2.24, 2.45) is 0 Å². The summed E-state index contributed by atoms with van der Waals surface area (Å²) in [6.07, 6.45) is 0. The van der Waals surface area contributed by atoms with Crippen LogP contribution in [0.4, 0.5) is 0 Å². The van der Waals surface area contributed by atoms with E-state index in [4.69, 9.17) is 32.7 Å². The largest absolute Gasteiger partial charge is 0.493 e. The van der Waals surface area contributed by atoms with Gasteiger partial charge < -0.3 is 9.47 Å². The van der Waals surface area contributed by atoms with Crippen LogP contribution in [0.25, 0.3) is 0 Å². The van der Waals surface area contributed by atoms with E-state index >= 15 is 0 Å². The van der Waals surface area contributed by atoms with E-state index in [1.165, 1.54) is 22.3 Å². The molecule has 0 saturated heterocycles. The zero-order chi connectivity index (χ0) is 15.4. The Bertz CT molecular complexity index is 682. The second-order valence-corrected chi connectivity index (χ2v) is 6.82. The quantitative estimate of drug-likeness (QED) is 0.752. The van der Waals surface area contributed by atoms with E-state index in [-0.39, 0.29) is 22.6 Å². The van der Waals surface area contributed by atoms with Crippen LogP contribution in [-0.4, -0.2) is 25.0 Å². The predicted molar refractivity (Wildman–Crippen MR) is 89.0 cm³/mol. The van der Waals surface area contributed by atoms with E-state index in [1.807, 2.05) is 0 Å². The standard InChI is InChI=1S/C18H16Cl2O2/c1-21-13-7-11-12(8-14(13)22-2)16-10-6-4-3-5-9(10)15(11)17(19)18(16)20/h3-8,15-18H,1-2H3. The molecule has 0 heterocycles. The lowest BCUT2D eigenvalue weighted by molar-refractivity contribution is 0.352. The molecule has 4 heteroatoms. The number of halogens is 2. The minimum atomic E-state index is -0.118. The summed E-state index contributed by atoms with van der Waals surface area (Å²) < 4.78 is 10.9. The van der Waals surface area contributed by atoms with Crippen LogP contribution < -0.4 is 9.47 Å². The molecule has 4 atom stereocenters. The van der Waals surface area contributed by atoms with Crippen LogP contribution in [0.2, 0.25) is 0 Å². The molecule has 0 aromatic heterocycles. The zero-order valence-corrected chi connectivity index (χ0v) is 13.9. The summed E-state index contributed by atoms with van der Waals surface area (Å²) >= 11 is 13.4. The molecule has 5 rings (SSSR count). The smallest absolute Gasteiger partial charge is 0.161 e.